The lowest BCUT2D eigenvalue weighted by Crippen LogP contribution is -2.43. The average molecular weight is 323 g/mol. The topological polar surface area (TPSA) is 81.7 Å². The Morgan fingerprint density at radius 3 is 2.35 bits per heavy atom. The van der Waals surface area contributed by atoms with E-state index in [0.29, 0.717) is 18.8 Å². The summed E-state index contributed by atoms with van der Waals surface area (Å²) in [6.07, 6.45) is 0.399. The third-order valence-corrected chi connectivity index (χ3v) is 3.25. The van der Waals surface area contributed by atoms with Gasteiger partial charge in [-0.2, -0.15) is 12.6 Å². The summed E-state index contributed by atoms with van der Waals surface area (Å²) < 4.78 is 9.60. The van der Waals surface area contributed by atoms with Gasteiger partial charge < -0.3 is 14.8 Å². The Kier molecular flexibility index (Phi) is 11.4. The van der Waals surface area contributed by atoms with Crippen LogP contribution in [0.2, 0.25) is 0 Å². The summed E-state index contributed by atoms with van der Waals surface area (Å²) in [7, 11) is 0. The number of carbonyl (C=O) groups is 3. The van der Waals surface area contributed by atoms with Gasteiger partial charge in [0.2, 0.25) is 5.91 Å². The zero-order valence-corrected chi connectivity index (χ0v) is 13.4. The molecule has 0 spiro atoms. The van der Waals surface area contributed by atoms with Crippen LogP contribution in [0.15, 0.2) is 0 Å². The number of thioether (sulfide) groups is 1. The Morgan fingerprint density at radius 2 is 1.80 bits per heavy atom. The van der Waals surface area contributed by atoms with E-state index in [2.05, 4.69) is 17.9 Å². The molecule has 1 N–H and O–H groups in total. The van der Waals surface area contributed by atoms with Crippen molar-refractivity contribution >= 4 is 42.2 Å². The Hall–Kier alpha value is -0.890. The van der Waals surface area contributed by atoms with Crippen molar-refractivity contribution in [2.24, 2.45) is 0 Å². The lowest BCUT2D eigenvalue weighted by molar-refractivity contribution is -0.147. The second-order valence-corrected chi connectivity index (χ2v) is 5.12. The van der Waals surface area contributed by atoms with Crippen LogP contribution in [0.1, 0.15) is 20.3 Å². The van der Waals surface area contributed by atoms with E-state index >= 15 is 0 Å². The third-order valence-electron chi connectivity index (χ3n) is 2.08. The number of thiol groups is 1. The number of nitrogens with one attached hydrogen (secondary N) is 1. The van der Waals surface area contributed by atoms with Crippen molar-refractivity contribution in [2.75, 3.05) is 30.5 Å². The van der Waals surface area contributed by atoms with Gasteiger partial charge in [-0.15, -0.1) is 11.8 Å². The van der Waals surface area contributed by atoms with E-state index in [1.54, 1.807) is 13.8 Å². The summed E-state index contributed by atoms with van der Waals surface area (Å²) in [5.74, 6) is -0.495. The molecule has 1 unspecified atom stereocenters. The molecule has 0 saturated carbocycles. The first kappa shape index (κ1) is 19.1. The summed E-state index contributed by atoms with van der Waals surface area (Å²) in [6.45, 7) is 4.00. The van der Waals surface area contributed by atoms with E-state index in [1.807, 2.05) is 0 Å². The van der Waals surface area contributed by atoms with E-state index in [9.17, 15) is 14.4 Å². The Morgan fingerprint density at radius 1 is 1.15 bits per heavy atom. The van der Waals surface area contributed by atoms with Crippen molar-refractivity contribution in [2.45, 2.75) is 26.3 Å². The molecule has 0 aliphatic heterocycles. The maximum atomic E-state index is 11.7. The highest BCUT2D eigenvalue weighted by atomic mass is 32.2. The fourth-order valence-electron chi connectivity index (χ4n) is 1.29. The van der Waals surface area contributed by atoms with Gasteiger partial charge in [0.15, 0.2) is 0 Å². The molecule has 0 bridgehead atoms. The van der Waals surface area contributed by atoms with Gasteiger partial charge in [0.05, 0.1) is 24.7 Å². The van der Waals surface area contributed by atoms with Crippen LogP contribution >= 0.6 is 24.4 Å². The summed E-state index contributed by atoms with van der Waals surface area (Å²) in [6, 6.07) is -0.692. The van der Waals surface area contributed by atoms with Gasteiger partial charge in [-0.05, 0) is 26.0 Å². The molecule has 1 amide bonds. The summed E-state index contributed by atoms with van der Waals surface area (Å²) >= 11 is 5.18. The largest absolute Gasteiger partial charge is 0.465 e. The van der Waals surface area contributed by atoms with Crippen molar-refractivity contribution in [1.82, 2.24) is 5.32 Å². The number of esters is 2. The van der Waals surface area contributed by atoms with Gasteiger partial charge >= 0.3 is 11.9 Å². The molecule has 0 aromatic carbocycles. The third kappa shape index (κ3) is 9.08. The second-order valence-electron chi connectivity index (χ2n) is 3.68. The van der Waals surface area contributed by atoms with E-state index in [4.69, 9.17) is 9.47 Å². The van der Waals surface area contributed by atoms with Crippen LogP contribution in [-0.2, 0) is 23.9 Å². The molecule has 0 aromatic rings. The van der Waals surface area contributed by atoms with E-state index < -0.39 is 12.0 Å². The Bertz CT molecular complexity index is 325. The SMILES string of the molecule is CCOC(=O)CSCC(=O)NC(CCS)C(=O)OCC. The monoisotopic (exact) mass is 323 g/mol. The first-order valence-corrected chi connectivity index (χ1v) is 8.14. The van der Waals surface area contributed by atoms with Crippen molar-refractivity contribution in [3.63, 3.8) is 0 Å². The molecule has 0 aromatic heterocycles. The molecule has 6 nitrogen and oxygen atoms in total. The molecule has 0 heterocycles. The van der Waals surface area contributed by atoms with Gasteiger partial charge in [-0.25, -0.2) is 4.79 Å². The fourth-order valence-corrected chi connectivity index (χ4v) is 2.17. The molecule has 116 valence electrons. The van der Waals surface area contributed by atoms with Gasteiger partial charge in [0.1, 0.15) is 6.04 Å². The van der Waals surface area contributed by atoms with Crippen LogP contribution in [0.4, 0.5) is 0 Å². The number of hydrogen-bond acceptors (Lipinski definition) is 7. The van der Waals surface area contributed by atoms with Crippen LogP contribution in [0.5, 0.6) is 0 Å². The molecule has 0 rings (SSSR count). The molecule has 8 heteroatoms. The molecule has 20 heavy (non-hydrogen) atoms. The van der Waals surface area contributed by atoms with Gasteiger partial charge in [-0.1, -0.05) is 0 Å². The van der Waals surface area contributed by atoms with Crippen LogP contribution in [-0.4, -0.2) is 54.4 Å². The smallest absolute Gasteiger partial charge is 0.328 e. The number of rotatable bonds is 10. The first-order chi connectivity index (χ1) is 9.54. The quantitative estimate of drug-likeness (QED) is 0.454. The van der Waals surface area contributed by atoms with Crippen LogP contribution in [0.3, 0.4) is 0 Å². The van der Waals surface area contributed by atoms with Crippen LogP contribution < -0.4 is 5.32 Å². The average Bonchev–Trinajstić information content (AvgIpc) is 2.38. The number of carbonyl (C=O) groups excluding carboxylic acids is 3. The van der Waals surface area contributed by atoms with E-state index in [1.165, 1.54) is 0 Å². The predicted molar refractivity (Wildman–Crippen MR) is 81.0 cm³/mol. The highest BCUT2D eigenvalue weighted by Gasteiger charge is 2.21. The summed E-state index contributed by atoms with van der Waals surface area (Å²) in [4.78, 5) is 34.3. The molecule has 0 fully saturated rings. The lowest BCUT2D eigenvalue weighted by atomic mass is 10.2. The number of ether oxygens (including phenoxy) is 2. The summed E-state index contributed by atoms with van der Waals surface area (Å²) in [5, 5.41) is 2.57. The molecular weight excluding hydrogens is 302 g/mol. The standard InChI is InChI=1S/C12H21NO5S2/c1-3-17-11(15)8-20-7-10(14)13-9(5-6-19)12(16)18-4-2/h9,19H,3-8H2,1-2H3,(H,13,14). The fraction of sp³-hybridized carbons (Fsp3) is 0.750. The lowest BCUT2D eigenvalue weighted by Gasteiger charge is -2.16. The molecule has 0 aliphatic rings. The van der Waals surface area contributed by atoms with Gasteiger partial charge in [-0.3, -0.25) is 9.59 Å². The zero-order valence-electron chi connectivity index (χ0n) is 11.7. The molecule has 0 radical (unpaired) electrons. The molecule has 0 saturated heterocycles. The molecule has 1 atom stereocenters. The first-order valence-electron chi connectivity index (χ1n) is 6.35. The molecule has 0 aliphatic carbocycles. The van der Waals surface area contributed by atoms with Crippen molar-refractivity contribution in [3.05, 3.63) is 0 Å². The van der Waals surface area contributed by atoms with E-state index in [0.717, 1.165) is 11.8 Å². The van der Waals surface area contributed by atoms with Gasteiger partial charge in [0, 0.05) is 0 Å². The van der Waals surface area contributed by atoms with Crippen molar-refractivity contribution in [1.29, 1.82) is 0 Å². The minimum Gasteiger partial charge on any atom is -0.465 e. The van der Waals surface area contributed by atoms with Crippen LogP contribution in [0, 0.1) is 0 Å². The summed E-state index contributed by atoms with van der Waals surface area (Å²) in [5.41, 5.74) is 0. The second kappa shape index (κ2) is 11.9. The predicted octanol–water partition coefficient (Wildman–Crippen LogP) is 0.650. The Balaban J connectivity index is 4.06. The highest BCUT2D eigenvalue weighted by molar-refractivity contribution is 8.00. The maximum absolute atomic E-state index is 11.7. The number of amides is 1. The Labute approximate surface area is 128 Å². The minimum absolute atomic E-state index is 0.0846. The normalized spacial score (nSPS) is 11.6. The number of hydrogen-bond donors (Lipinski definition) is 2. The van der Waals surface area contributed by atoms with E-state index in [-0.39, 0.29) is 30.0 Å². The van der Waals surface area contributed by atoms with Crippen molar-refractivity contribution in [3.8, 4) is 0 Å². The highest BCUT2D eigenvalue weighted by Crippen LogP contribution is 2.03. The van der Waals surface area contributed by atoms with Crippen LogP contribution in [0.25, 0.3) is 0 Å². The van der Waals surface area contributed by atoms with Crippen molar-refractivity contribution < 1.29 is 23.9 Å². The maximum Gasteiger partial charge on any atom is 0.328 e. The zero-order chi connectivity index (χ0) is 15.4. The molecular formula is C12H21NO5S2. The minimum atomic E-state index is -0.692. The van der Waals surface area contributed by atoms with Gasteiger partial charge in [0.25, 0.3) is 0 Å².